The van der Waals surface area contributed by atoms with Gasteiger partial charge in [0.25, 0.3) is 0 Å². The van der Waals surface area contributed by atoms with E-state index >= 15 is 0 Å². The Kier molecular flexibility index (Phi) is 2.24. The average Bonchev–Trinajstić information content (AvgIpc) is 3.17. The number of carbonyl (C=O) groups excluding carboxylic acids is 1. The van der Waals surface area contributed by atoms with E-state index in [0.717, 1.165) is 11.8 Å². The van der Waals surface area contributed by atoms with Crippen LogP contribution in [0.3, 0.4) is 0 Å². The van der Waals surface area contributed by atoms with Crippen LogP contribution in [0.15, 0.2) is 0 Å². The van der Waals surface area contributed by atoms with Crippen LogP contribution in [0.2, 0.25) is 0 Å². The Labute approximate surface area is 149 Å². The number of hydrogen-bond donors (Lipinski definition) is 3. The van der Waals surface area contributed by atoms with Crippen LogP contribution in [0.4, 0.5) is 0 Å². The summed E-state index contributed by atoms with van der Waals surface area (Å²) >= 11 is -1.34. The molecule has 6 aliphatic rings. The third-order valence-corrected chi connectivity index (χ3v) is 15.9. The summed E-state index contributed by atoms with van der Waals surface area (Å²) in [6.07, 6.45) is 5.28. The van der Waals surface area contributed by atoms with E-state index in [-0.39, 0.29) is 45.7 Å². The summed E-state index contributed by atoms with van der Waals surface area (Å²) in [5.74, 6) is 1.76. The summed E-state index contributed by atoms with van der Waals surface area (Å²) in [4.78, 5) is 13.0. The van der Waals surface area contributed by atoms with Crippen molar-refractivity contribution in [2.45, 2.75) is 59.3 Å². The number of hydrogen-bond acceptors (Lipinski definition) is 5. The van der Waals surface area contributed by atoms with Gasteiger partial charge in [0.1, 0.15) is 0 Å². The number of rotatable bonds is 4. The molecule has 0 radical (unpaired) electrons. The van der Waals surface area contributed by atoms with E-state index in [0.29, 0.717) is 5.41 Å². The number of carbonyl (C=O) groups is 1. The van der Waals surface area contributed by atoms with E-state index in [4.69, 9.17) is 4.74 Å². The minimum absolute atomic E-state index is 0.0252. The van der Waals surface area contributed by atoms with Gasteiger partial charge >= 0.3 is 150 Å². The Morgan fingerprint density at radius 2 is 1.95 bits per heavy atom. The van der Waals surface area contributed by atoms with Crippen LogP contribution in [0.25, 0.3) is 0 Å². The van der Waals surface area contributed by atoms with Gasteiger partial charge < -0.3 is 0 Å². The Morgan fingerprint density at radius 3 is 2.45 bits per heavy atom. The minimum atomic E-state index is -1.10. The fraction of sp³-hybridized carbons (Fsp3) is 0.933. The van der Waals surface area contributed by atoms with Gasteiger partial charge in [-0.25, -0.2) is 0 Å². The molecule has 5 unspecified atom stereocenters. The second-order valence-corrected chi connectivity index (χ2v) is 15.7. The molecule has 3 saturated carbocycles. The fourth-order valence-electron chi connectivity index (χ4n) is 6.12. The van der Waals surface area contributed by atoms with Crippen LogP contribution in [0.5, 0.6) is 0 Å². The second kappa shape index (κ2) is 3.52. The van der Waals surface area contributed by atoms with E-state index in [2.05, 4.69) is 31.4 Å². The van der Waals surface area contributed by atoms with Crippen molar-refractivity contribution >= 4 is 26.3 Å². The molecule has 22 heavy (non-hydrogen) atoms. The van der Waals surface area contributed by atoms with Crippen LogP contribution in [-0.2, 0) is 9.53 Å². The molecule has 3 heterocycles. The predicted molar refractivity (Wildman–Crippen MR) is 85.0 cm³/mol. The van der Waals surface area contributed by atoms with Gasteiger partial charge in [0.15, 0.2) is 0 Å². The third-order valence-electron chi connectivity index (χ3n) is 7.39. The van der Waals surface area contributed by atoms with Crippen LogP contribution in [-0.4, -0.2) is 18.8 Å². The number of esters is 1. The van der Waals surface area contributed by atoms with Crippen molar-refractivity contribution in [1.29, 1.82) is 0 Å². The van der Waals surface area contributed by atoms with E-state index in [1.165, 1.54) is 25.7 Å². The molecular formula is C15H22I2N3O2-. The topological polar surface area (TPSA) is 92.1 Å². The number of ether oxygens (including phenoxy) is 1. The molecule has 0 aromatic heterocycles. The quantitative estimate of drug-likeness (QED) is 0.104. The van der Waals surface area contributed by atoms with E-state index in [9.17, 15) is 4.79 Å². The summed E-state index contributed by atoms with van der Waals surface area (Å²) in [7, 11) is 0. The van der Waals surface area contributed by atoms with Gasteiger partial charge in [-0.3, -0.25) is 0 Å². The van der Waals surface area contributed by atoms with Gasteiger partial charge in [-0.1, -0.05) is 0 Å². The molecule has 1 spiro atoms. The number of fused-ring (bicyclic) bond motifs is 1. The Hall–Kier alpha value is 0.810. The van der Waals surface area contributed by atoms with Crippen molar-refractivity contribution in [3.05, 3.63) is 0 Å². The zero-order valence-electron chi connectivity index (χ0n) is 13.1. The maximum atomic E-state index is 13.0. The summed E-state index contributed by atoms with van der Waals surface area (Å²) in [5.41, 5.74) is 0.474. The molecule has 3 saturated heterocycles. The molecule has 6 fully saturated rings. The summed E-state index contributed by atoms with van der Waals surface area (Å²) in [5, 5.41) is 0. The molecule has 5 nitrogen and oxygen atoms in total. The zero-order chi connectivity index (χ0) is 15.2. The van der Waals surface area contributed by atoms with Crippen molar-refractivity contribution in [3.8, 4) is 0 Å². The van der Waals surface area contributed by atoms with Crippen molar-refractivity contribution < 1.29 is 31.0 Å². The standard InChI is InChI=1S/C15H22I2N3O2/c1-8-4-12-6-9(12)7-13(12,5-8)11(2,3)22-10(21)14(16-18-14)15-17(19-15)20-15/h8-9,18-20H,4-7H2,1-3H3/q-1. The number of alkyl halides is 2. The SMILES string of the molecule is CC1CC23CC2CC3(C(C)(C)OC(=O)C2(C34NI3N4)N[I-]2)C1. The Morgan fingerprint density at radius 1 is 1.27 bits per heavy atom. The van der Waals surface area contributed by atoms with Crippen molar-refractivity contribution in [2.75, 3.05) is 0 Å². The normalized spacial score (nSPS) is 56.6. The second-order valence-electron chi connectivity index (χ2n) is 8.74. The van der Waals surface area contributed by atoms with Crippen molar-refractivity contribution in [1.82, 2.24) is 10.6 Å². The molecule has 3 N–H and O–H groups in total. The van der Waals surface area contributed by atoms with Crippen LogP contribution < -0.4 is 32.1 Å². The summed E-state index contributed by atoms with van der Waals surface area (Å²) in [6.45, 7) is 6.78. The van der Waals surface area contributed by atoms with Gasteiger partial charge in [0.2, 0.25) is 0 Å². The van der Waals surface area contributed by atoms with Crippen molar-refractivity contribution in [3.63, 3.8) is 0 Å². The summed E-state index contributed by atoms with van der Waals surface area (Å²) < 4.78 is 16.4. The molecule has 7 heteroatoms. The molecule has 0 aromatic carbocycles. The monoisotopic (exact) mass is 530 g/mol. The fourth-order valence-corrected chi connectivity index (χ4v) is 16.1. The molecule has 0 aromatic rings. The van der Waals surface area contributed by atoms with Crippen LogP contribution >= 0.6 is 20.4 Å². The Balaban J connectivity index is 1.28. The number of nitrogens with one attached hydrogen (secondary N) is 3. The number of halogens is 2. The first kappa shape index (κ1) is 14.0. The predicted octanol–water partition coefficient (Wildman–Crippen LogP) is -1.37. The average molecular weight is 530 g/mol. The maximum absolute atomic E-state index is 13.0. The van der Waals surface area contributed by atoms with Gasteiger partial charge in [-0.15, -0.1) is 0 Å². The van der Waals surface area contributed by atoms with Gasteiger partial charge in [0, 0.05) is 0 Å². The molecule has 0 bridgehead atoms. The first-order valence-electron chi connectivity index (χ1n) is 8.22. The first-order chi connectivity index (χ1) is 10.3. The van der Waals surface area contributed by atoms with Gasteiger partial charge in [-0.05, 0) is 0 Å². The molecule has 124 valence electrons. The first-order valence-corrected chi connectivity index (χ1v) is 13.6. The van der Waals surface area contributed by atoms with E-state index < -0.39 is 20.4 Å². The van der Waals surface area contributed by atoms with E-state index in [1.807, 2.05) is 0 Å². The Bertz CT molecular complexity index is 630. The van der Waals surface area contributed by atoms with E-state index in [1.54, 1.807) is 0 Å². The zero-order valence-corrected chi connectivity index (χ0v) is 17.4. The summed E-state index contributed by atoms with van der Waals surface area (Å²) in [6, 6.07) is 0. The van der Waals surface area contributed by atoms with Crippen LogP contribution in [0, 0.1) is 22.7 Å². The van der Waals surface area contributed by atoms with Crippen molar-refractivity contribution in [2.24, 2.45) is 22.7 Å². The van der Waals surface area contributed by atoms with Gasteiger partial charge in [-0.2, -0.15) is 0 Å². The molecule has 6 rings (SSSR count). The van der Waals surface area contributed by atoms with Gasteiger partial charge in [0.05, 0.1) is 0 Å². The molecule has 0 amide bonds. The van der Waals surface area contributed by atoms with Crippen LogP contribution in [0.1, 0.15) is 46.5 Å². The third kappa shape index (κ3) is 1.28. The molecule has 3 aliphatic heterocycles. The molecular weight excluding hydrogens is 508 g/mol. The molecule has 3 aliphatic carbocycles. The molecule has 5 atom stereocenters.